The van der Waals surface area contributed by atoms with E-state index in [-0.39, 0.29) is 17.9 Å². The number of hydrogen-bond acceptors (Lipinski definition) is 3. The highest BCUT2D eigenvalue weighted by Crippen LogP contribution is 2.30. The van der Waals surface area contributed by atoms with Gasteiger partial charge >= 0.3 is 0 Å². The number of nitrogens with zero attached hydrogens (tertiary/aromatic N) is 1. The summed E-state index contributed by atoms with van der Waals surface area (Å²) in [6, 6.07) is 17.3. The Morgan fingerprint density at radius 2 is 1.78 bits per heavy atom. The fourth-order valence-electron chi connectivity index (χ4n) is 3.74. The van der Waals surface area contributed by atoms with Gasteiger partial charge in [0.1, 0.15) is 0 Å². The first-order chi connectivity index (χ1) is 13.0. The topological polar surface area (TPSA) is 52.6 Å². The van der Waals surface area contributed by atoms with Crippen LogP contribution in [0.1, 0.15) is 43.0 Å². The Bertz CT molecular complexity index is 745. The molecule has 5 heteroatoms. The van der Waals surface area contributed by atoms with Crippen LogP contribution in [-0.4, -0.2) is 35.5 Å². The number of rotatable bonds is 6. The van der Waals surface area contributed by atoms with Gasteiger partial charge in [-0.05, 0) is 56.0 Å². The lowest BCUT2D eigenvalue weighted by molar-refractivity contribution is -0.123. The van der Waals surface area contributed by atoms with Crippen LogP contribution in [0.4, 0.5) is 0 Å². The standard InChI is InChI=1S/C22H27ClN2O2/c1-16(19-9-5-6-10-20(19)23)24-21(26)15-25-13-11-18(12-14-25)22(27)17-7-3-2-4-8-17/h2-10,16,18,22,27H,11-15H2,1H3,(H,24,26). The van der Waals surface area contributed by atoms with E-state index in [2.05, 4.69) is 10.2 Å². The van der Waals surface area contributed by atoms with E-state index in [0.29, 0.717) is 11.6 Å². The Morgan fingerprint density at radius 1 is 1.15 bits per heavy atom. The van der Waals surface area contributed by atoms with Crippen LogP contribution >= 0.6 is 11.6 Å². The van der Waals surface area contributed by atoms with E-state index in [1.165, 1.54) is 0 Å². The molecule has 1 fully saturated rings. The van der Waals surface area contributed by atoms with Crippen molar-refractivity contribution in [3.63, 3.8) is 0 Å². The molecule has 1 aliphatic heterocycles. The van der Waals surface area contributed by atoms with Crippen molar-refractivity contribution in [2.24, 2.45) is 5.92 Å². The first-order valence-corrected chi connectivity index (χ1v) is 9.91. The first-order valence-electron chi connectivity index (χ1n) is 9.53. The smallest absolute Gasteiger partial charge is 0.234 e. The second-order valence-electron chi connectivity index (χ2n) is 7.28. The van der Waals surface area contributed by atoms with Gasteiger partial charge in [0.25, 0.3) is 0 Å². The molecule has 2 atom stereocenters. The van der Waals surface area contributed by atoms with Gasteiger partial charge in [-0.15, -0.1) is 0 Å². The zero-order chi connectivity index (χ0) is 19.2. The molecule has 144 valence electrons. The van der Waals surface area contributed by atoms with Gasteiger partial charge in [-0.1, -0.05) is 60.1 Å². The Kier molecular flexibility index (Phi) is 6.89. The molecule has 2 aromatic rings. The number of aliphatic hydroxyl groups is 1. The average molecular weight is 387 g/mol. The maximum atomic E-state index is 12.4. The summed E-state index contributed by atoms with van der Waals surface area (Å²) in [5.41, 5.74) is 1.90. The van der Waals surface area contributed by atoms with Crippen LogP contribution in [0.25, 0.3) is 0 Å². The number of hydrogen-bond donors (Lipinski definition) is 2. The predicted octanol–water partition coefficient (Wildman–Crippen LogP) is 3.96. The van der Waals surface area contributed by atoms with Crippen molar-refractivity contribution in [3.05, 3.63) is 70.7 Å². The molecule has 1 amide bonds. The SMILES string of the molecule is CC(NC(=O)CN1CCC(C(O)c2ccccc2)CC1)c1ccccc1Cl. The van der Waals surface area contributed by atoms with Crippen LogP contribution < -0.4 is 5.32 Å². The number of aliphatic hydroxyl groups excluding tert-OH is 1. The van der Waals surface area contributed by atoms with E-state index >= 15 is 0 Å². The maximum absolute atomic E-state index is 12.4. The number of carbonyl (C=O) groups is 1. The Morgan fingerprint density at radius 3 is 2.44 bits per heavy atom. The summed E-state index contributed by atoms with van der Waals surface area (Å²) in [5, 5.41) is 14.3. The molecule has 1 aliphatic rings. The molecule has 0 spiro atoms. The van der Waals surface area contributed by atoms with Crippen molar-refractivity contribution in [2.75, 3.05) is 19.6 Å². The van der Waals surface area contributed by atoms with Crippen molar-refractivity contribution < 1.29 is 9.90 Å². The summed E-state index contributed by atoms with van der Waals surface area (Å²) >= 11 is 6.21. The van der Waals surface area contributed by atoms with Crippen molar-refractivity contribution >= 4 is 17.5 Å². The molecule has 0 saturated carbocycles. The van der Waals surface area contributed by atoms with Crippen LogP contribution in [-0.2, 0) is 4.79 Å². The molecule has 2 N–H and O–H groups in total. The maximum Gasteiger partial charge on any atom is 0.234 e. The van der Waals surface area contributed by atoms with E-state index in [1.807, 2.05) is 61.5 Å². The molecular weight excluding hydrogens is 360 g/mol. The van der Waals surface area contributed by atoms with E-state index in [1.54, 1.807) is 0 Å². The van der Waals surface area contributed by atoms with Gasteiger partial charge in [0.05, 0.1) is 18.7 Å². The average Bonchev–Trinajstić information content (AvgIpc) is 2.69. The molecule has 27 heavy (non-hydrogen) atoms. The second kappa shape index (κ2) is 9.36. The van der Waals surface area contributed by atoms with E-state index in [0.717, 1.165) is 37.1 Å². The molecule has 1 heterocycles. The predicted molar refractivity (Wildman–Crippen MR) is 109 cm³/mol. The number of halogens is 1. The van der Waals surface area contributed by atoms with E-state index < -0.39 is 6.10 Å². The molecule has 1 saturated heterocycles. The van der Waals surface area contributed by atoms with E-state index in [9.17, 15) is 9.90 Å². The second-order valence-corrected chi connectivity index (χ2v) is 7.69. The van der Waals surface area contributed by atoms with Crippen molar-refractivity contribution in [3.8, 4) is 0 Å². The molecular formula is C22H27ClN2O2. The summed E-state index contributed by atoms with van der Waals surface area (Å²) in [6.07, 6.45) is 1.36. The third-order valence-electron chi connectivity index (χ3n) is 5.34. The molecule has 0 aliphatic carbocycles. The third kappa shape index (κ3) is 5.32. The van der Waals surface area contributed by atoms with Gasteiger partial charge < -0.3 is 10.4 Å². The van der Waals surface area contributed by atoms with Gasteiger partial charge in [0.2, 0.25) is 5.91 Å². The highest BCUT2D eigenvalue weighted by molar-refractivity contribution is 6.31. The van der Waals surface area contributed by atoms with Gasteiger partial charge in [0.15, 0.2) is 0 Å². The highest BCUT2D eigenvalue weighted by atomic mass is 35.5. The van der Waals surface area contributed by atoms with Crippen LogP contribution in [0.3, 0.4) is 0 Å². The minimum Gasteiger partial charge on any atom is -0.388 e. The molecule has 0 radical (unpaired) electrons. The fourth-order valence-corrected chi connectivity index (χ4v) is 4.04. The zero-order valence-corrected chi connectivity index (χ0v) is 16.4. The summed E-state index contributed by atoms with van der Waals surface area (Å²) in [7, 11) is 0. The molecule has 0 aromatic heterocycles. The Balaban J connectivity index is 1.46. The number of piperidine rings is 1. The van der Waals surface area contributed by atoms with Gasteiger partial charge in [-0.2, -0.15) is 0 Å². The lowest BCUT2D eigenvalue weighted by atomic mass is 9.87. The largest absolute Gasteiger partial charge is 0.388 e. The summed E-state index contributed by atoms with van der Waals surface area (Å²) < 4.78 is 0. The Labute approximate surface area is 166 Å². The van der Waals surface area contributed by atoms with Gasteiger partial charge in [-0.3, -0.25) is 9.69 Å². The van der Waals surface area contributed by atoms with Crippen LogP contribution in [0, 0.1) is 5.92 Å². The lowest BCUT2D eigenvalue weighted by Gasteiger charge is -2.34. The lowest BCUT2D eigenvalue weighted by Crippen LogP contribution is -2.42. The Hall–Kier alpha value is -1.88. The number of nitrogens with one attached hydrogen (secondary N) is 1. The normalized spacial score (nSPS) is 18.0. The molecule has 4 nitrogen and oxygen atoms in total. The quantitative estimate of drug-likeness (QED) is 0.790. The third-order valence-corrected chi connectivity index (χ3v) is 5.68. The molecule has 2 unspecified atom stereocenters. The number of likely N-dealkylation sites (tertiary alicyclic amines) is 1. The minimum absolute atomic E-state index is 0.00415. The van der Waals surface area contributed by atoms with Crippen molar-refractivity contribution in [1.29, 1.82) is 0 Å². The van der Waals surface area contributed by atoms with Gasteiger partial charge in [0, 0.05) is 5.02 Å². The van der Waals surface area contributed by atoms with Crippen LogP contribution in [0.2, 0.25) is 5.02 Å². The molecule has 2 aromatic carbocycles. The fraction of sp³-hybridized carbons (Fsp3) is 0.409. The summed E-state index contributed by atoms with van der Waals surface area (Å²) in [4.78, 5) is 14.6. The molecule has 3 rings (SSSR count). The number of amides is 1. The van der Waals surface area contributed by atoms with E-state index in [4.69, 9.17) is 11.6 Å². The first kappa shape index (κ1) is 19.9. The monoisotopic (exact) mass is 386 g/mol. The zero-order valence-electron chi connectivity index (χ0n) is 15.6. The summed E-state index contributed by atoms with van der Waals surface area (Å²) in [6.45, 7) is 3.97. The van der Waals surface area contributed by atoms with Crippen molar-refractivity contribution in [2.45, 2.75) is 31.9 Å². The number of carbonyl (C=O) groups excluding carboxylic acids is 1. The molecule has 0 bridgehead atoms. The van der Waals surface area contributed by atoms with Crippen LogP contribution in [0.15, 0.2) is 54.6 Å². The highest BCUT2D eigenvalue weighted by Gasteiger charge is 2.27. The number of benzene rings is 2. The van der Waals surface area contributed by atoms with Crippen molar-refractivity contribution in [1.82, 2.24) is 10.2 Å². The van der Waals surface area contributed by atoms with Crippen LogP contribution in [0.5, 0.6) is 0 Å². The van der Waals surface area contributed by atoms with Gasteiger partial charge in [-0.25, -0.2) is 0 Å². The minimum atomic E-state index is -0.428. The summed E-state index contributed by atoms with van der Waals surface area (Å²) in [5.74, 6) is 0.248.